The number of aromatic amines is 1. The second-order valence-corrected chi connectivity index (χ2v) is 8.24. The lowest BCUT2D eigenvalue weighted by Crippen LogP contribution is -2.39. The van der Waals surface area contributed by atoms with Gasteiger partial charge >= 0.3 is 0 Å². The Morgan fingerprint density at radius 1 is 1.03 bits per heavy atom. The van der Waals surface area contributed by atoms with Crippen molar-refractivity contribution < 1.29 is 18.1 Å². The second-order valence-electron chi connectivity index (χ2n) is 6.64. The highest BCUT2D eigenvalue weighted by Crippen LogP contribution is 2.17. The summed E-state index contributed by atoms with van der Waals surface area (Å²) in [5.74, 6) is 1.56. The highest BCUT2D eigenvalue weighted by molar-refractivity contribution is 7.90. The Morgan fingerprint density at radius 2 is 1.70 bits per heavy atom. The van der Waals surface area contributed by atoms with E-state index in [1.807, 2.05) is 24.3 Å². The third-order valence-electron chi connectivity index (χ3n) is 4.59. The molecule has 1 fully saturated rings. The third-order valence-corrected chi connectivity index (χ3v) is 5.88. The number of morpholine rings is 1. The molecular formula is C21H22N5O3S+. The average molecular weight is 425 g/mol. The maximum Gasteiger partial charge on any atom is 0.284 e. The maximum absolute atomic E-state index is 12.8. The van der Waals surface area contributed by atoms with E-state index in [1.54, 1.807) is 36.7 Å². The lowest BCUT2D eigenvalue weighted by molar-refractivity contribution is -0.369. The van der Waals surface area contributed by atoms with Crippen molar-refractivity contribution in [3.63, 3.8) is 0 Å². The Kier molecular flexibility index (Phi) is 6.01. The molecule has 9 heteroatoms. The fraction of sp³-hybridized carbons (Fsp3) is 0.190. The van der Waals surface area contributed by atoms with Crippen molar-refractivity contribution in [2.45, 2.75) is 4.90 Å². The van der Waals surface area contributed by atoms with Gasteiger partial charge in [-0.05, 0) is 12.1 Å². The number of nitrogens with one attached hydrogen (secondary N) is 2. The van der Waals surface area contributed by atoms with Crippen LogP contribution >= 0.6 is 0 Å². The Hall–Kier alpha value is -3.30. The molecule has 1 aliphatic rings. The molecule has 2 aromatic carbocycles. The molecule has 2 N–H and O–H groups in total. The number of amidine groups is 1. The maximum atomic E-state index is 12.8. The average Bonchev–Trinajstić information content (AvgIpc) is 2.80. The number of benzene rings is 2. The molecule has 154 valence electrons. The molecule has 1 aromatic heterocycles. The predicted molar refractivity (Wildman–Crippen MR) is 114 cm³/mol. The number of nitrogens with zero attached hydrogens (tertiary/aromatic N) is 3. The third kappa shape index (κ3) is 4.81. The van der Waals surface area contributed by atoms with Gasteiger partial charge in [0.2, 0.25) is 18.0 Å². The zero-order valence-corrected chi connectivity index (χ0v) is 17.0. The van der Waals surface area contributed by atoms with Crippen molar-refractivity contribution >= 4 is 27.5 Å². The van der Waals surface area contributed by atoms with Gasteiger partial charge in [-0.3, -0.25) is 9.88 Å². The molecule has 2 heterocycles. The van der Waals surface area contributed by atoms with Crippen LogP contribution in [0.1, 0.15) is 5.56 Å². The van der Waals surface area contributed by atoms with Gasteiger partial charge in [-0.25, -0.2) is 0 Å². The van der Waals surface area contributed by atoms with Crippen LogP contribution in [0.5, 0.6) is 0 Å². The molecule has 0 amide bonds. The summed E-state index contributed by atoms with van der Waals surface area (Å²) >= 11 is 0. The van der Waals surface area contributed by atoms with E-state index in [0.717, 1.165) is 18.9 Å². The van der Waals surface area contributed by atoms with E-state index in [9.17, 15) is 8.42 Å². The standard InChI is InChI=1S/C21H21N5O3S/c27-30(28,18-9-5-2-6-10-18)25-21(17-7-3-1-4-8-17)24-19-15-20(23-16-22-19)26-11-13-29-14-12-26/h1-10,15-16H,11-14H2,(H,22,23,24,25)/p+1. The number of rotatable bonds is 5. The summed E-state index contributed by atoms with van der Waals surface area (Å²) in [5.41, 5.74) is 0.638. The molecule has 1 aliphatic heterocycles. The van der Waals surface area contributed by atoms with Crippen LogP contribution in [0.4, 0.5) is 11.6 Å². The van der Waals surface area contributed by atoms with Gasteiger partial charge in [-0.1, -0.05) is 53.5 Å². The van der Waals surface area contributed by atoms with Gasteiger partial charge in [0.05, 0.1) is 37.3 Å². The Balaban J connectivity index is 1.68. The lowest BCUT2D eigenvalue weighted by atomic mass is 10.2. The largest absolute Gasteiger partial charge is 0.375 e. The van der Waals surface area contributed by atoms with E-state index in [4.69, 9.17) is 4.74 Å². The van der Waals surface area contributed by atoms with Crippen LogP contribution in [0, 0.1) is 0 Å². The zero-order chi connectivity index (χ0) is 20.8. The molecular weight excluding hydrogens is 402 g/mol. The first-order valence-corrected chi connectivity index (χ1v) is 11.0. The van der Waals surface area contributed by atoms with Gasteiger partial charge in [0, 0.05) is 5.56 Å². The SMILES string of the molecule is O=S(=O)(N=C(Nc1cc(N2CCOCC2)[nH+]cn1)c1ccccc1)c1ccccc1. The van der Waals surface area contributed by atoms with E-state index in [1.165, 1.54) is 12.1 Å². The second kappa shape index (κ2) is 9.02. The van der Waals surface area contributed by atoms with E-state index >= 15 is 0 Å². The van der Waals surface area contributed by atoms with Crippen LogP contribution in [0.2, 0.25) is 0 Å². The van der Waals surface area contributed by atoms with Crippen molar-refractivity contribution in [1.82, 2.24) is 4.98 Å². The number of ether oxygens (including phenoxy) is 1. The van der Waals surface area contributed by atoms with Crippen molar-refractivity contribution in [3.05, 3.63) is 78.6 Å². The number of hydrogen-bond acceptors (Lipinski definition) is 5. The van der Waals surface area contributed by atoms with Crippen LogP contribution in [0.25, 0.3) is 0 Å². The molecule has 0 bridgehead atoms. The van der Waals surface area contributed by atoms with Crippen LogP contribution < -0.4 is 15.2 Å². The van der Waals surface area contributed by atoms with Crippen LogP contribution in [-0.4, -0.2) is 45.5 Å². The summed E-state index contributed by atoms with van der Waals surface area (Å²) in [6, 6.07) is 19.1. The van der Waals surface area contributed by atoms with E-state index in [2.05, 4.69) is 24.6 Å². The highest BCUT2D eigenvalue weighted by Gasteiger charge is 2.20. The van der Waals surface area contributed by atoms with Gasteiger partial charge < -0.3 is 10.1 Å². The van der Waals surface area contributed by atoms with Crippen molar-refractivity contribution in [3.8, 4) is 0 Å². The number of hydrogen-bond donors (Lipinski definition) is 1. The summed E-state index contributed by atoms with van der Waals surface area (Å²) in [6.07, 6.45) is 1.57. The van der Waals surface area contributed by atoms with Gasteiger partial charge in [0.15, 0.2) is 5.84 Å². The molecule has 4 rings (SSSR count). The first kappa shape index (κ1) is 20.0. The lowest BCUT2D eigenvalue weighted by Gasteiger charge is -2.23. The topological polar surface area (TPSA) is 98.0 Å². The minimum atomic E-state index is -3.90. The monoisotopic (exact) mass is 424 g/mol. The smallest absolute Gasteiger partial charge is 0.284 e. The number of sulfonamides is 1. The summed E-state index contributed by atoms with van der Waals surface area (Å²) in [6.45, 7) is 2.85. The Morgan fingerprint density at radius 3 is 2.40 bits per heavy atom. The number of H-pyrrole nitrogens is 1. The molecule has 0 saturated carbocycles. The molecule has 0 radical (unpaired) electrons. The van der Waals surface area contributed by atoms with Crippen LogP contribution in [-0.2, 0) is 14.8 Å². The molecule has 3 aromatic rings. The minimum absolute atomic E-state index is 0.128. The van der Waals surface area contributed by atoms with E-state index in [-0.39, 0.29) is 10.7 Å². The molecule has 0 atom stereocenters. The molecule has 30 heavy (non-hydrogen) atoms. The zero-order valence-electron chi connectivity index (χ0n) is 16.2. The molecule has 0 unspecified atom stereocenters. The van der Waals surface area contributed by atoms with Gasteiger partial charge in [-0.15, -0.1) is 4.40 Å². The number of aromatic nitrogens is 2. The minimum Gasteiger partial charge on any atom is -0.375 e. The first-order valence-electron chi connectivity index (χ1n) is 9.55. The van der Waals surface area contributed by atoms with Gasteiger partial charge in [0.25, 0.3) is 10.0 Å². The quantitative estimate of drug-likeness (QED) is 0.497. The first-order chi connectivity index (χ1) is 14.6. The summed E-state index contributed by atoms with van der Waals surface area (Å²) in [4.78, 5) is 9.71. The predicted octanol–water partition coefficient (Wildman–Crippen LogP) is 1.98. The highest BCUT2D eigenvalue weighted by atomic mass is 32.2. The van der Waals surface area contributed by atoms with Crippen molar-refractivity contribution in [2.24, 2.45) is 4.40 Å². The van der Waals surface area contributed by atoms with E-state index < -0.39 is 10.0 Å². The normalized spacial score (nSPS) is 15.1. The van der Waals surface area contributed by atoms with Crippen molar-refractivity contribution in [2.75, 3.05) is 36.5 Å². The van der Waals surface area contributed by atoms with Gasteiger partial charge in [0.1, 0.15) is 0 Å². The molecule has 1 saturated heterocycles. The Labute approximate surface area is 175 Å². The van der Waals surface area contributed by atoms with Crippen molar-refractivity contribution in [1.29, 1.82) is 0 Å². The summed E-state index contributed by atoms with van der Waals surface area (Å²) < 4.78 is 35.2. The van der Waals surface area contributed by atoms with E-state index in [0.29, 0.717) is 24.6 Å². The number of anilines is 2. The Bertz CT molecular complexity index is 1120. The fourth-order valence-electron chi connectivity index (χ4n) is 3.06. The van der Waals surface area contributed by atoms with Crippen LogP contribution in [0.3, 0.4) is 0 Å². The van der Waals surface area contributed by atoms with Crippen LogP contribution in [0.15, 0.2) is 82.4 Å². The van der Waals surface area contributed by atoms with Gasteiger partial charge in [-0.2, -0.15) is 8.42 Å². The summed E-state index contributed by atoms with van der Waals surface area (Å²) in [7, 11) is -3.90. The molecule has 0 spiro atoms. The molecule has 8 nitrogen and oxygen atoms in total. The fourth-order valence-corrected chi connectivity index (χ4v) is 4.06. The summed E-state index contributed by atoms with van der Waals surface area (Å²) in [5, 5.41) is 3.08. The molecule has 0 aliphatic carbocycles.